The lowest BCUT2D eigenvalue weighted by Crippen LogP contribution is -2.11. The first-order valence-electron chi connectivity index (χ1n) is 6.69. The van der Waals surface area contributed by atoms with Crippen molar-refractivity contribution in [2.45, 2.75) is 0 Å². The van der Waals surface area contributed by atoms with Gasteiger partial charge in [0.25, 0.3) is 5.56 Å². The number of fused-ring (bicyclic) bond motifs is 1. The molecule has 0 aliphatic rings. The Morgan fingerprint density at radius 2 is 2.00 bits per heavy atom. The van der Waals surface area contributed by atoms with Crippen LogP contribution in [0.5, 0.6) is 0 Å². The van der Waals surface area contributed by atoms with Crippen molar-refractivity contribution in [2.24, 2.45) is 0 Å². The summed E-state index contributed by atoms with van der Waals surface area (Å²) in [5, 5.41) is 20.6. The van der Waals surface area contributed by atoms with Crippen molar-refractivity contribution >= 4 is 33.8 Å². The summed E-state index contributed by atoms with van der Waals surface area (Å²) in [6, 6.07) is 15.1. The average Bonchev–Trinajstić information content (AvgIpc) is 2.55. The number of nitrogens with zero attached hydrogens (tertiary/aromatic N) is 2. The molecule has 0 radical (unpaired) electrons. The van der Waals surface area contributed by atoms with Crippen LogP contribution in [-0.4, -0.2) is 15.1 Å². The fourth-order valence-electron chi connectivity index (χ4n) is 2.20. The zero-order chi connectivity index (χ0) is 16.4. The fourth-order valence-corrected chi connectivity index (χ4v) is 2.39. The molecule has 6 heteroatoms. The van der Waals surface area contributed by atoms with Crippen molar-refractivity contribution in [1.29, 1.82) is 5.26 Å². The number of para-hydroxylation sites is 1. The number of hydrogen-bond acceptors (Lipinski definition) is 4. The molecule has 0 aliphatic heterocycles. The first-order valence-corrected chi connectivity index (χ1v) is 7.06. The maximum Gasteiger partial charge on any atom is 0.259 e. The van der Waals surface area contributed by atoms with Gasteiger partial charge in [-0.2, -0.15) is 5.26 Å². The number of halogens is 1. The molecule has 5 nitrogen and oxygen atoms in total. The number of aromatic amines is 1. The summed E-state index contributed by atoms with van der Waals surface area (Å²) in [5.41, 5.74) is 0.301. The number of nitriles is 1. The van der Waals surface area contributed by atoms with Crippen LogP contribution in [0.4, 0.5) is 0 Å². The van der Waals surface area contributed by atoms with E-state index < -0.39 is 0 Å². The quantitative estimate of drug-likeness (QED) is 0.557. The zero-order valence-corrected chi connectivity index (χ0v) is 12.5. The van der Waals surface area contributed by atoms with Crippen LogP contribution in [0, 0.1) is 11.3 Å². The molecule has 0 amide bonds. The number of rotatable bonds is 2. The smallest absolute Gasteiger partial charge is 0.259 e. The lowest BCUT2D eigenvalue weighted by molar-refractivity contribution is 0.514. The first kappa shape index (κ1) is 14.8. The monoisotopic (exact) mass is 323 g/mol. The van der Waals surface area contributed by atoms with E-state index in [1.54, 1.807) is 42.5 Å². The Morgan fingerprint density at radius 1 is 1.22 bits per heavy atom. The maximum atomic E-state index is 12.1. The lowest BCUT2D eigenvalue weighted by Gasteiger charge is -2.06. The summed E-state index contributed by atoms with van der Waals surface area (Å²) in [6.07, 6.45) is 0. The van der Waals surface area contributed by atoms with E-state index in [2.05, 4.69) is 9.97 Å². The molecule has 1 heterocycles. The third-order valence-electron chi connectivity index (χ3n) is 3.30. The summed E-state index contributed by atoms with van der Waals surface area (Å²) in [4.78, 5) is 18.9. The van der Waals surface area contributed by atoms with Crippen LogP contribution < -0.4 is 5.56 Å². The molecule has 2 aromatic carbocycles. The maximum absolute atomic E-state index is 12.1. The molecular weight excluding hydrogens is 314 g/mol. The van der Waals surface area contributed by atoms with Gasteiger partial charge in [-0.25, -0.2) is 4.98 Å². The van der Waals surface area contributed by atoms with Crippen LogP contribution in [0.25, 0.3) is 22.2 Å². The molecule has 3 rings (SSSR count). The van der Waals surface area contributed by atoms with Crippen molar-refractivity contribution in [3.8, 4) is 6.07 Å². The normalized spacial score (nSPS) is 11.8. The fraction of sp³-hybridized carbons (Fsp3) is 0. The highest BCUT2D eigenvalue weighted by Gasteiger charge is 2.14. The molecule has 0 unspecified atom stereocenters. The van der Waals surface area contributed by atoms with Crippen molar-refractivity contribution in [3.05, 3.63) is 75.3 Å². The lowest BCUT2D eigenvalue weighted by atomic mass is 10.1. The van der Waals surface area contributed by atoms with Crippen LogP contribution in [0.15, 0.2) is 53.3 Å². The highest BCUT2D eigenvalue weighted by molar-refractivity contribution is 6.30. The van der Waals surface area contributed by atoms with E-state index in [9.17, 15) is 15.2 Å². The third-order valence-corrected chi connectivity index (χ3v) is 3.53. The van der Waals surface area contributed by atoms with E-state index in [0.717, 1.165) is 0 Å². The van der Waals surface area contributed by atoms with E-state index in [-0.39, 0.29) is 22.7 Å². The largest absolute Gasteiger partial charge is 0.506 e. The summed E-state index contributed by atoms with van der Waals surface area (Å²) in [6.45, 7) is 0. The summed E-state index contributed by atoms with van der Waals surface area (Å²) in [7, 11) is 0. The number of aromatic nitrogens is 2. The van der Waals surface area contributed by atoms with Gasteiger partial charge in [0.05, 0.1) is 10.9 Å². The molecule has 0 fully saturated rings. The molecule has 1 aromatic heterocycles. The van der Waals surface area contributed by atoms with E-state index in [1.165, 1.54) is 6.07 Å². The Morgan fingerprint density at radius 3 is 2.74 bits per heavy atom. The van der Waals surface area contributed by atoms with Gasteiger partial charge in [0.15, 0.2) is 5.82 Å². The van der Waals surface area contributed by atoms with Gasteiger partial charge in [0.1, 0.15) is 17.4 Å². The molecule has 23 heavy (non-hydrogen) atoms. The Bertz CT molecular complexity index is 1030. The first-order chi connectivity index (χ1) is 11.1. The van der Waals surface area contributed by atoms with Gasteiger partial charge < -0.3 is 10.1 Å². The number of benzene rings is 2. The van der Waals surface area contributed by atoms with Crippen molar-refractivity contribution in [3.63, 3.8) is 0 Å². The van der Waals surface area contributed by atoms with Gasteiger partial charge in [-0.15, -0.1) is 0 Å². The average molecular weight is 324 g/mol. The van der Waals surface area contributed by atoms with Crippen molar-refractivity contribution in [1.82, 2.24) is 9.97 Å². The number of aliphatic hydroxyl groups is 1. The van der Waals surface area contributed by atoms with Crippen molar-refractivity contribution in [2.75, 3.05) is 0 Å². The van der Waals surface area contributed by atoms with E-state index >= 15 is 0 Å². The van der Waals surface area contributed by atoms with Crippen LogP contribution in [0.2, 0.25) is 5.02 Å². The predicted octanol–water partition coefficient (Wildman–Crippen LogP) is 3.53. The Labute approximate surface area is 136 Å². The molecule has 3 aromatic rings. The second-order valence-corrected chi connectivity index (χ2v) is 5.21. The highest BCUT2D eigenvalue weighted by atomic mass is 35.5. The van der Waals surface area contributed by atoms with Gasteiger partial charge in [-0.05, 0) is 24.3 Å². The molecule has 0 aliphatic carbocycles. The molecule has 0 atom stereocenters. The number of aliphatic hydroxyl groups excluding tert-OH is 1. The van der Waals surface area contributed by atoms with Crippen LogP contribution >= 0.6 is 11.6 Å². The third kappa shape index (κ3) is 2.80. The topological polar surface area (TPSA) is 89.8 Å². The van der Waals surface area contributed by atoms with Gasteiger partial charge >= 0.3 is 0 Å². The standard InChI is InChI=1S/C17H10ClN3O2/c18-11-5-3-4-10(8-11)15(22)13(9-19)16-20-14-7-2-1-6-12(14)17(23)21-16/h1-8,22H,(H,20,21,23). The SMILES string of the molecule is N#CC(=C(O)c1cccc(Cl)c1)c1nc2ccccc2c(=O)[nH]1. The van der Waals surface area contributed by atoms with Crippen LogP contribution in [0.1, 0.15) is 11.4 Å². The Kier molecular flexibility index (Phi) is 3.83. The predicted molar refractivity (Wildman–Crippen MR) is 88.9 cm³/mol. The minimum atomic E-state index is -0.378. The number of allylic oxidation sites excluding steroid dienone is 1. The van der Waals surface area contributed by atoms with Gasteiger partial charge in [0.2, 0.25) is 0 Å². The van der Waals surface area contributed by atoms with E-state index in [4.69, 9.17) is 11.6 Å². The number of nitrogens with one attached hydrogen (secondary N) is 1. The van der Waals surface area contributed by atoms with E-state index in [0.29, 0.717) is 21.5 Å². The summed E-state index contributed by atoms with van der Waals surface area (Å²) in [5.74, 6) is -0.290. The zero-order valence-electron chi connectivity index (χ0n) is 11.7. The molecule has 0 bridgehead atoms. The molecule has 2 N–H and O–H groups in total. The van der Waals surface area contributed by atoms with Crippen LogP contribution in [-0.2, 0) is 0 Å². The van der Waals surface area contributed by atoms with E-state index in [1.807, 2.05) is 6.07 Å². The second kappa shape index (κ2) is 5.95. The summed E-state index contributed by atoms with van der Waals surface area (Å²) >= 11 is 5.90. The molecular formula is C17H10ClN3O2. The van der Waals surface area contributed by atoms with Gasteiger partial charge in [-0.3, -0.25) is 4.79 Å². The highest BCUT2D eigenvalue weighted by Crippen LogP contribution is 2.24. The van der Waals surface area contributed by atoms with Crippen molar-refractivity contribution < 1.29 is 5.11 Å². The number of hydrogen-bond donors (Lipinski definition) is 2. The van der Waals surface area contributed by atoms with Crippen LogP contribution in [0.3, 0.4) is 0 Å². The van der Waals surface area contributed by atoms with Gasteiger partial charge in [0, 0.05) is 10.6 Å². The molecule has 112 valence electrons. The number of H-pyrrole nitrogens is 1. The molecule has 0 spiro atoms. The minimum Gasteiger partial charge on any atom is -0.506 e. The molecule has 0 saturated carbocycles. The Balaban J connectivity index is 2.24. The second-order valence-electron chi connectivity index (χ2n) is 4.78. The van der Waals surface area contributed by atoms with Gasteiger partial charge in [-0.1, -0.05) is 35.9 Å². The minimum absolute atomic E-state index is 0.00803. The summed E-state index contributed by atoms with van der Waals surface area (Å²) < 4.78 is 0. The molecule has 0 saturated heterocycles. The Hall–Kier alpha value is -3.10.